The summed E-state index contributed by atoms with van der Waals surface area (Å²) in [5, 5.41) is 19.8. The second-order valence-electron chi connectivity index (χ2n) is 26.7. The molecule has 2 atom stereocenters. The Morgan fingerprint density at radius 3 is 1.60 bits per heavy atom. The van der Waals surface area contributed by atoms with Crippen LogP contribution in [-0.4, -0.2) is 146 Å². The molecule has 96 heavy (non-hydrogen) atoms. The molecule has 11 aromatic heterocycles. The van der Waals surface area contributed by atoms with Gasteiger partial charge in [-0.25, -0.2) is 49.2 Å². The van der Waals surface area contributed by atoms with E-state index in [1.54, 1.807) is 57.2 Å². The number of nitrogens with one attached hydrogen (secondary N) is 2. The number of H-pyrrole nitrogens is 2. The molecule has 1 aliphatic rings. The molecule has 512 valence electrons. The topological polar surface area (TPSA) is 297 Å². The molecule has 1 aliphatic heterocycles. The minimum atomic E-state index is -1.08. The smallest absolute Gasteiger partial charge is 0.443 e. The van der Waals surface area contributed by atoms with Gasteiger partial charge in [-0.2, -0.15) is 15.3 Å². The Morgan fingerprint density at radius 1 is 0.615 bits per heavy atom. The maximum absolute atomic E-state index is 11.9. The van der Waals surface area contributed by atoms with Crippen LogP contribution in [0.3, 0.4) is 0 Å². The minimum absolute atomic E-state index is 0.0822. The Bertz CT molecular complexity index is 4300. The Labute approximate surface area is 569 Å². The second kappa shape index (κ2) is 31.7. The monoisotopic (exact) mass is 1370 g/mol. The number of ether oxygens (including phenoxy) is 5. The average molecular weight is 1370 g/mol. The first-order valence-electron chi connectivity index (χ1n) is 31.5. The Hall–Kier alpha value is -8.29. The highest BCUT2D eigenvalue weighted by molar-refractivity contribution is 6.76. The van der Waals surface area contributed by atoms with Gasteiger partial charge in [0.25, 0.3) is 0 Å². The lowest BCUT2D eigenvalue weighted by atomic mass is 9.82. The van der Waals surface area contributed by atoms with E-state index in [1.165, 1.54) is 19.0 Å². The quantitative estimate of drug-likeness (QED) is 0.0349. The minimum Gasteiger partial charge on any atom is -0.443 e. The van der Waals surface area contributed by atoms with Crippen LogP contribution in [-0.2, 0) is 62.8 Å². The third-order valence-corrected chi connectivity index (χ3v) is 17.7. The predicted octanol–water partition coefficient (Wildman–Crippen LogP) is 12.5. The van der Waals surface area contributed by atoms with Gasteiger partial charge in [0.2, 0.25) is 0 Å². The number of aromatic amines is 2. The molecule has 27 nitrogen and oxygen atoms in total. The summed E-state index contributed by atoms with van der Waals surface area (Å²) in [6, 6.07) is 8.74. The zero-order valence-electron chi connectivity index (χ0n) is 57.7. The van der Waals surface area contributed by atoms with Crippen molar-refractivity contribution in [3.8, 4) is 22.5 Å². The lowest BCUT2D eigenvalue weighted by Crippen LogP contribution is -2.41. The van der Waals surface area contributed by atoms with Crippen LogP contribution in [0.5, 0.6) is 0 Å². The molecule has 12 heterocycles. The van der Waals surface area contributed by atoms with Gasteiger partial charge in [-0.15, -0.1) is 0 Å². The molecule has 2 N–H and O–H groups in total. The van der Waals surface area contributed by atoms with Crippen molar-refractivity contribution in [2.45, 2.75) is 166 Å². The van der Waals surface area contributed by atoms with Crippen LogP contribution in [0, 0.1) is 10.8 Å². The average Bonchev–Trinajstić information content (AvgIpc) is 1.64. The first-order chi connectivity index (χ1) is 45.4. The summed E-state index contributed by atoms with van der Waals surface area (Å²) in [5.74, 6) is -0.511. The van der Waals surface area contributed by atoms with E-state index < -0.39 is 18.9 Å². The molecule has 0 saturated carbocycles. The Kier molecular flexibility index (Phi) is 24.3. The van der Waals surface area contributed by atoms with Crippen LogP contribution in [0.1, 0.15) is 109 Å². The van der Waals surface area contributed by atoms with Crippen LogP contribution < -0.4 is 5.46 Å². The van der Waals surface area contributed by atoms with Crippen LogP contribution in [0.25, 0.3) is 66.6 Å². The highest BCUT2D eigenvalue weighted by Gasteiger charge is 2.52. The van der Waals surface area contributed by atoms with E-state index in [9.17, 15) is 9.59 Å². The number of nitrogens with zero attached hydrogens (tertiary/aromatic N) is 16. The highest BCUT2D eigenvalue weighted by Crippen LogP contribution is 2.37. The van der Waals surface area contributed by atoms with Gasteiger partial charge in [-0.1, -0.05) is 42.8 Å². The van der Waals surface area contributed by atoms with Gasteiger partial charge in [0, 0.05) is 105 Å². The molecule has 0 aromatic carbocycles. The number of esters is 2. The molecule has 0 spiro atoms. The van der Waals surface area contributed by atoms with Gasteiger partial charge >= 0.3 is 19.1 Å². The van der Waals surface area contributed by atoms with Crippen LogP contribution in [0.4, 0.5) is 0 Å². The second-order valence-corrected chi connectivity index (χ2v) is 33.0. The van der Waals surface area contributed by atoms with Crippen molar-refractivity contribution in [2.75, 3.05) is 19.8 Å². The van der Waals surface area contributed by atoms with E-state index in [0.29, 0.717) is 41.5 Å². The molecule has 11 aromatic rings. The molecule has 1 fully saturated rings. The zero-order valence-corrected chi connectivity index (χ0v) is 60.2. The summed E-state index contributed by atoms with van der Waals surface area (Å²) in [4.78, 5) is 59.8. The lowest BCUT2D eigenvalue weighted by Gasteiger charge is -2.32. The molecule has 31 heteroatoms. The number of hydrogen-bond donors (Lipinski definition) is 2. The lowest BCUT2D eigenvalue weighted by molar-refractivity contribution is -0.157. The fraction of sp³-hybridized carbons (Fsp3) is 0.462. The largest absolute Gasteiger partial charge is 0.498 e. The molecular weight excluding hydrogens is 1290 g/mol. The normalized spacial score (nSPS) is 14.3. The molecular formula is C65H87BCl2N18O9Si. The predicted molar refractivity (Wildman–Crippen MR) is 371 cm³/mol. The molecule has 0 bridgehead atoms. The molecule has 0 aliphatic carbocycles. The summed E-state index contributed by atoms with van der Waals surface area (Å²) in [6.07, 6.45) is 24.1. The first kappa shape index (κ1) is 73.5. The van der Waals surface area contributed by atoms with Gasteiger partial charge in [-0.05, 0) is 127 Å². The number of rotatable bonds is 18. The van der Waals surface area contributed by atoms with E-state index in [1.807, 2.05) is 155 Å². The van der Waals surface area contributed by atoms with Crippen LogP contribution in [0.2, 0.25) is 36.0 Å². The Morgan fingerprint density at radius 2 is 1.09 bits per heavy atom. The van der Waals surface area contributed by atoms with Gasteiger partial charge in [0.05, 0.1) is 56.6 Å². The van der Waals surface area contributed by atoms with Crippen molar-refractivity contribution in [2.24, 2.45) is 10.8 Å². The molecule has 2 unspecified atom stereocenters. The molecule has 1 saturated heterocycles. The van der Waals surface area contributed by atoms with Crippen LogP contribution >= 0.6 is 23.2 Å². The van der Waals surface area contributed by atoms with Gasteiger partial charge in [0.15, 0.2) is 13.5 Å². The van der Waals surface area contributed by atoms with Crippen molar-refractivity contribution >= 4 is 99.9 Å². The van der Waals surface area contributed by atoms with Crippen LogP contribution in [0.15, 0.2) is 112 Å². The number of fused-ring (bicyclic) bond motifs is 4. The molecule has 12 rings (SSSR count). The van der Waals surface area contributed by atoms with Crippen molar-refractivity contribution in [3.63, 3.8) is 0 Å². The maximum Gasteiger partial charge on any atom is 0.498 e. The summed E-state index contributed by atoms with van der Waals surface area (Å²) >= 11 is 11.7. The summed E-state index contributed by atoms with van der Waals surface area (Å²) in [7, 11) is -1.45. The summed E-state index contributed by atoms with van der Waals surface area (Å²) in [5.41, 5.74) is 5.73. The fourth-order valence-electron chi connectivity index (χ4n) is 9.15. The van der Waals surface area contributed by atoms with Crippen molar-refractivity contribution in [1.29, 1.82) is 0 Å². The van der Waals surface area contributed by atoms with E-state index in [-0.39, 0.29) is 56.2 Å². The number of halogens is 2. The van der Waals surface area contributed by atoms with Gasteiger partial charge in [-0.3, -0.25) is 23.8 Å². The fourth-order valence-corrected chi connectivity index (χ4v) is 10.3. The Balaban J connectivity index is 0.000000157. The van der Waals surface area contributed by atoms with Gasteiger partial charge < -0.3 is 42.5 Å². The van der Waals surface area contributed by atoms with E-state index >= 15 is 0 Å². The number of hydrogen-bond acceptors (Lipinski definition) is 20. The van der Waals surface area contributed by atoms with Gasteiger partial charge in [0.1, 0.15) is 77.4 Å². The summed E-state index contributed by atoms with van der Waals surface area (Å²) < 4.78 is 48.6. The molecule has 0 radical (unpaired) electrons. The summed E-state index contributed by atoms with van der Waals surface area (Å²) in [6.45, 7) is 36.8. The number of aromatic nitrogens is 18. The van der Waals surface area contributed by atoms with Crippen molar-refractivity contribution in [3.05, 3.63) is 122 Å². The molecule has 0 amide bonds. The third kappa shape index (κ3) is 18.8. The van der Waals surface area contributed by atoms with Crippen molar-refractivity contribution in [1.82, 2.24) is 88.3 Å². The zero-order chi connectivity index (χ0) is 69.8. The van der Waals surface area contributed by atoms with E-state index in [0.717, 1.165) is 73.5 Å². The third-order valence-electron chi connectivity index (χ3n) is 15.4. The first-order valence-corrected chi connectivity index (χ1v) is 35.9. The maximum atomic E-state index is 11.9. The standard InChI is InChI=1S/C19H29N5O2Si.C15H17N5O2.C13H23BN2O3.C12H14ClN3O2.C6H4ClN3/c1-6-26-15(2)24-12-16(11-22-24)18-17-7-8-23(19(17)21-13-20-18)14-25-9-10-27(3,4)5;1-15(2,3)14(21)22-9-20-5-4-11-12(10-6-18-19-7-10)16-8-17-13(11)20;1-7-17-10(2)16-9-11(8-15-16)14-18-12(3,4)13(5,6)19-14;1-12(2,3)11(17)18-7-16-5-4-8-9(13)14-6-15-10(8)16;7-5-4-1-2-8-6(4)10-3-9-5/h7-8,11-13,15H,6,9-10,14H2,1-5H3;4-8H,9H2,1-3H3,(H,18,19);8-10H,7H2,1-6H3;4-6H,7H2,1-3H3;1-3H,(H,8,9,10). The van der Waals surface area contributed by atoms with Crippen molar-refractivity contribution < 1.29 is 42.6 Å². The number of carbonyl (C=O) groups is 2. The van der Waals surface area contributed by atoms with E-state index in [4.69, 9.17) is 56.2 Å². The highest BCUT2D eigenvalue weighted by atomic mass is 35.5. The number of carbonyl (C=O) groups excluding carboxylic acids is 2. The van der Waals surface area contributed by atoms with E-state index in [2.05, 4.69) is 84.9 Å². The SMILES string of the molecule is CC(C)(C)C(=O)OCn1ccc2c(-c3cn[nH]c3)ncnc21.CC(C)(C)C(=O)OCn1ccc2c(Cl)ncnc21.CCOC(C)n1cc(-c2ncnc3c2ccn3COCC[Si](C)(C)C)cn1.CCOC(C)n1cc(B2OC(C)(C)C(C)(C)O2)cn1.Clc1ncnc2[nH]ccc12.